The zero-order chi connectivity index (χ0) is 23.1. The van der Waals surface area contributed by atoms with Crippen LogP contribution in [0.3, 0.4) is 0 Å². The van der Waals surface area contributed by atoms with Crippen LogP contribution in [0.5, 0.6) is 0 Å². The standard InChI is InChI=1S/C27H35BrN6/c28-23-17-30-34-26(16-25(32-27(23)34)22-7-3-4-8-24(22)29)31-20-11-13-33(14-12-20)21-10-9-18-5-1-2-6-19(18)15-21/h3-4,7-8,16-21,31H,1-2,5-6,9-15,29H2. The summed E-state index contributed by atoms with van der Waals surface area (Å²) in [6, 6.07) is 11.3. The van der Waals surface area contributed by atoms with E-state index in [1.807, 2.05) is 35.0 Å². The smallest absolute Gasteiger partial charge is 0.172 e. The van der Waals surface area contributed by atoms with Gasteiger partial charge in [0, 0.05) is 42.5 Å². The van der Waals surface area contributed by atoms with E-state index in [0.717, 1.165) is 50.8 Å². The number of fused-ring (bicyclic) bond motifs is 2. The lowest BCUT2D eigenvalue weighted by atomic mass is 9.69. The van der Waals surface area contributed by atoms with Crippen LogP contribution in [0.2, 0.25) is 0 Å². The number of nitrogens with zero attached hydrogens (tertiary/aromatic N) is 4. The highest BCUT2D eigenvalue weighted by Crippen LogP contribution is 2.42. The van der Waals surface area contributed by atoms with Crippen LogP contribution in [-0.2, 0) is 0 Å². The first kappa shape index (κ1) is 22.4. The first-order valence-electron chi connectivity index (χ1n) is 13.1. The van der Waals surface area contributed by atoms with E-state index in [1.54, 1.807) is 0 Å². The number of aromatic nitrogens is 3. The van der Waals surface area contributed by atoms with Crippen molar-refractivity contribution in [2.75, 3.05) is 24.1 Å². The molecule has 180 valence electrons. The van der Waals surface area contributed by atoms with Gasteiger partial charge < -0.3 is 16.0 Å². The SMILES string of the molecule is Nc1ccccc1-c1cc(NC2CCN(C3CCC4CCCCC4C3)CC2)n2ncc(Br)c2n1. The Morgan fingerprint density at radius 1 is 0.971 bits per heavy atom. The summed E-state index contributed by atoms with van der Waals surface area (Å²) in [5.74, 6) is 3.00. The van der Waals surface area contributed by atoms with E-state index in [9.17, 15) is 0 Å². The molecule has 3 fully saturated rings. The number of rotatable bonds is 4. The van der Waals surface area contributed by atoms with Crippen molar-refractivity contribution in [1.29, 1.82) is 0 Å². The molecule has 0 bridgehead atoms. The molecule has 3 atom stereocenters. The van der Waals surface area contributed by atoms with Crippen LogP contribution in [0.25, 0.3) is 16.9 Å². The zero-order valence-corrected chi connectivity index (χ0v) is 21.4. The molecule has 7 heteroatoms. The summed E-state index contributed by atoms with van der Waals surface area (Å²) < 4.78 is 2.80. The molecule has 3 aromatic rings. The largest absolute Gasteiger partial charge is 0.398 e. The van der Waals surface area contributed by atoms with E-state index < -0.39 is 0 Å². The number of hydrogen-bond acceptors (Lipinski definition) is 5. The third-order valence-corrected chi connectivity index (χ3v) is 9.13. The van der Waals surface area contributed by atoms with Crippen LogP contribution in [-0.4, -0.2) is 44.7 Å². The molecule has 6 rings (SSSR count). The number of nitrogens with two attached hydrogens (primary N) is 1. The van der Waals surface area contributed by atoms with Crippen molar-refractivity contribution in [3.63, 3.8) is 0 Å². The number of halogens is 1. The van der Waals surface area contributed by atoms with E-state index in [4.69, 9.17) is 10.7 Å². The minimum Gasteiger partial charge on any atom is -0.398 e. The molecule has 2 aliphatic carbocycles. The molecule has 2 saturated carbocycles. The van der Waals surface area contributed by atoms with Gasteiger partial charge in [0.1, 0.15) is 5.82 Å². The predicted octanol–water partition coefficient (Wildman–Crippen LogP) is 5.98. The van der Waals surface area contributed by atoms with Crippen molar-refractivity contribution in [2.24, 2.45) is 11.8 Å². The van der Waals surface area contributed by atoms with Crippen molar-refractivity contribution in [2.45, 2.75) is 69.9 Å². The number of nitrogen functional groups attached to an aromatic ring is 1. The summed E-state index contributed by atoms with van der Waals surface area (Å²) in [5, 5.41) is 8.38. The number of anilines is 2. The molecule has 6 nitrogen and oxygen atoms in total. The number of para-hydroxylation sites is 1. The van der Waals surface area contributed by atoms with Gasteiger partial charge in [-0.3, -0.25) is 0 Å². The Morgan fingerprint density at radius 2 is 1.76 bits per heavy atom. The summed E-state index contributed by atoms with van der Waals surface area (Å²) in [7, 11) is 0. The molecule has 0 spiro atoms. The number of nitrogens with one attached hydrogen (secondary N) is 1. The summed E-state index contributed by atoms with van der Waals surface area (Å²) in [4.78, 5) is 7.65. The van der Waals surface area contributed by atoms with Crippen molar-refractivity contribution < 1.29 is 0 Å². The third-order valence-electron chi connectivity index (χ3n) is 8.58. The highest BCUT2D eigenvalue weighted by molar-refractivity contribution is 9.10. The maximum absolute atomic E-state index is 6.27. The number of piperidine rings is 1. The Hall–Kier alpha value is -2.12. The van der Waals surface area contributed by atoms with Crippen LogP contribution in [0.1, 0.15) is 57.8 Å². The lowest BCUT2D eigenvalue weighted by Crippen LogP contribution is -2.47. The van der Waals surface area contributed by atoms with E-state index >= 15 is 0 Å². The molecule has 34 heavy (non-hydrogen) atoms. The van der Waals surface area contributed by atoms with Gasteiger partial charge >= 0.3 is 0 Å². The van der Waals surface area contributed by atoms with Crippen molar-refractivity contribution in [3.05, 3.63) is 41.0 Å². The monoisotopic (exact) mass is 522 g/mol. The predicted molar refractivity (Wildman–Crippen MR) is 142 cm³/mol. The van der Waals surface area contributed by atoms with E-state index in [-0.39, 0.29) is 0 Å². The van der Waals surface area contributed by atoms with Crippen LogP contribution in [0.4, 0.5) is 11.5 Å². The molecule has 1 aromatic carbocycles. The topological polar surface area (TPSA) is 71.5 Å². The summed E-state index contributed by atoms with van der Waals surface area (Å²) in [5.41, 5.74) is 9.64. The molecule has 3 N–H and O–H groups in total. The highest BCUT2D eigenvalue weighted by atomic mass is 79.9. The molecule has 3 aliphatic rings. The van der Waals surface area contributed by atoms with Gasteiger partial charge in [-0.1, -0.05) is 43.9 Å². The molecule has 3 heterocycles. The molecule has 1 aliphatic heterocycles. The molecule has 0 radical (unpaired) electrons. The Morgan fingerprint density at radius 3 is 2.59 bits per heavy atom. The van der Waals surface area contributed by atoms with Gasteiger partial charge in [0.25, 0.3) is 0 Å². The van der Waals surface area contributed by atoms with Gasteiger partial charge in [-0.05, 0) is 65.9 Å². The maximum Gasteiger partial charge on any atom is 0.172 e. The Balaban J connectivity index is 1.16. The van der Waals surface area contributed by atoms with Gasteiger partial charge in [-0.15, -0.1) is 0 Å². The first-order chi connectivity index (χ1) is 16.7. The van der Waals surface area contributed by atoms with E-state index in [1.165, 1.54) is 70.9 Å². The minimum absolute atomic E-state index is 0.441. The van der Waals surface area contributed by atoms with E-state index in [2.05, 4.69) is 37.3 Å². The zero-order valence-electron chi connectivity index (χ0n) is 19.8. The van der Waals surface area contributed by atoms with Crippen molar-refractivity contribution in [3.8, 4) is 11.3 Å². The molecule has 3 unspecified atom stereocenters. The Kier molecular flexibility index (Phi) is 6.24. The average molecular weight is 524 g/mol. The number of benzene rings is 1. The fourth-order valence-electron chi connectivity index (χ4n) is 6.71. The van der Waals surface area contributed by atoms with Crippen LogP contribution < -0.4 is 11.1 Å². The molecular weight excluding hydrogens is 488 g/mol. The van der Waals surface area contributed by atoms with Gasteiger partial charge in [-0.2, -0.15) is 9.61 Å². The third kappa shape index (κ3) is 4.33. The summed E-state index contributed by atoms with van der Waals surface area (Å²) in [6.45, 7) is 2.38. The van der Waals surface area contributed by atoms with Crippen LogP contribution in [0.15, 0.2) is 41.0 Å². The molecule has 0 amide bonds. The fraction of sp³-hybridized carbons (Fsp3) is 0.556. The van der Waals surface area contributed by atoms with Gasteiger partial charge in [0.2, 0.25) is 0 Å². The first-order valence-corrected chi connectivity index (χ1v) is 13.8. The van der Waals surface area contributed by atoms with Crippen molar-refractivity contribution in [1.82, 2.24) is 19.5 Å². The minimum atomic E-state index is 0.441. The highest BCUT2D eigenvalue weighted by Gasteiger charge is 2.35. The lowest BCUT2D eigenvalue weighted by molar-refractivity contribution is 0.0607. The quantitative estimate of drug-likeness (QED) is 0.412. The van der Waals surface area contributed by atoms with Gasteiger partial charge in [0.05, 0.1) is 16.4 Å². The average Bonchev–Trinajstić information content (AvgIpc) is 3.25. The Labute approximate surface area is 210 Å². The van der Waals surface area contributed by atoms with Crippen molar-refractivity contribution >= 4 is 33.1 Å². The lowest BCUT2D eigenvalue weighted by Gasteiger charge is -2.45. The Bertz CT molecular complexity index is 1150. The molecule has 2 aromatic heterocycles. The maximum atomic E-state index is 6.27. The summed E-state index contributed by atoms with van der Waals surface area (Å²) >= 11 is 3.62. The van der Waals surface area contributed by atoms with Crippen LogP contribution in [0, 0.1) is 11.8 Å². The second kappa shape index (κ2) is 9.50. The fourth-order valence-corrected chi connectivity index (χ4v) is 7.05. The number of likely N-dealkylation sites (tertiary alicyclic amines) is 1. The normalized spacial score (nSPS) is 26.4. The second-order valence-electron chi connectivity index (χ2n) is 10.6. The van der Waals surface area contributed by atoms with E-state index in [0.29, 0.717) is 6.04 Å². The van der Waals surface area contributed by atoms with Gasteiger partial charge in [-0.25, -0.2) is 4.98 Å². The molecule has 1 saturated heterocycles. The van der Waals surface area contributed by atoms with Crippen LogP contribution >= 0.6 is 15.9 Å². The van der Waals surface area contributed by atoms with Gasteiger partial charge in [0.15, 0.2) is 5.65 Å². The number of hydrogen-bond donors (Lipinski definition) is 2. The second-order valence-corrected chi connectivity index (χ2v) is 11.4. The molecular formula is C27H35BrN6. The summed E-state index contributed by atoms with van der Waals surface area (Å²) in [6.07, 6.45) is 14.4.